The summed E-state index contributed by atoms with van der Waals surface area (Å²) in [4.78, 5) is 39.9. The van der Waals surface area contributed by atoms with Crippen LogP contribution in [0.25, 0.3) is 0 Å². The zero-order valence-corrected chi connectivity index (χ0v) is 18.2. The Kier molecular flexibility index (Phi) is 5.56. The Morgan fingerprint density at radius 1 is 1.12 bits per heavy atom. The van der Waals surface area contributed by atoms with Crippen molar-refractivity contribution in [1.82, 2.24) is 25.3 Å². The molecule has 2 N–H and O–H groups in total. The number of hydrogen-bond acceptors (Lipinski definition) is 5. The van der Waals surface area contributed by atoms with Crippen molar-refractivity contribution in [1.29, 1.82) is 0 Å². The molecule has 3 heterocycles. The molecule has 1 unspecified atom stereocenters. The third kappa shape index (κ3) is 4.01. The number of nitrogens with one attached hydrogen (secondary N) is 2. The molecule has 9 nitrogen and oxygen atoms in total. The molecular formula is C23H25N5O4. The van der Waals surface area contributed by atoms with Crippen LogP contribution in [0.15, 0.2) is 52.9 Å². The van der Waals surface area contributed by atoms with Gasteiger partial charge in [0.2, 0.25) is 5.91 Å². The Hall–Kier alpha value is -3.88. The van der Waals surface area contributed by atoms with E-state index >= 15 is 0 Å². The summed E-state index contributed by atoms with van der Waals surface area (Å²) in [7, 11) is 1.58. The van der Waals surface area contributed by atoms with Gasteiger partial charge < -0.3 is 20.0 Å². The Bertz CT molecular complexity index is 1170. The number of furan rings is 1. The van der Waals surface area contributed by atoms with Crippen LogP contribution in [-0.4, -0.2) is 45.0 Å². The van der Waals surface area contributed by atoms with Crippen molar-refractivity contribution in [2.75, 3.05) is 7.05 Å². The van der Waals surface area contributed by atoms with E-state index in [0.717, 1.165) is 11.3 Å². The number of carbonyl (C=O) groups excluding carboxylic acids is 3. The molecule has 0 fully saturated rings. The summed E-state index contributed by atoms with van der Waals surface area (Å²) in [6.45, 7) is 4.21. The third-order valence-corrected chi connectivity index (χ3v) is 5.74. The normalized spacial score (nSPS) is 17.7. The molecule has 0 bridgehead atoms. The molecule has 166 valence electrons. The summed E-state index contributed by atoms with van der Waals surface area (Å²) in [5, 5.41) is 9.93. The molecule has 3 aromatic rings. The maximum atomic E-state index is 13.0. The van der Waals surface area contributed by atoms with Gasteiger partial charge in [-0.05, 0) is 31.5 Å². The predicted molar refractivity (Wildman–Crippen MR) is 116 cm³/mol. The number of likely N-dealkylation sites (N-methyl/N-ethyl adjacent to an activating group) is 1. The van der Waals surface area contributed by atoms with Crippen LogP contribution in [0.2, 0.25) is 0 Å². The first-order valence-corrected chi connectivity index (χ1v) is 10.3. The second-order valence-electron chi connectivity index (χ2n) is 8.07. The van der Waals surface area contributed by atoms with E-state index in [0.29, 0.717) is 12.3 Å². The van der Waals surface area contributed by atoms with Gasteiger partial charge in [-0.15, -0.1) is 0 Å². The summed E-state index contributed by atoms with van der Waals surface area (Å²) in [6, 6.07) is 14.6. The third-order valence-electron chi connectivity index (χ3n) is 5.74. The van der Waals surface area contributed by atoms with E-state index in [1.165, 1.54) is 15.6 Å². The molecule has 1 atom stereocenters. The summed E-state index contributed by atoms with van der Waals surface area (Å²) < 4.78 is 6.87. The van der Waals surface area contributed by atoms with Crippen LogP contribution < -0.4 is 10.6 Å². The first kappa shape index (κ1) is 21.4. The zero-order chi connectivity index (χ0) is 22.9. The smallest absolute Gasteiger partial charge is 0.272 e. The van der Waals surface area contributed by atoms with Gasteiger partial charge in [0.15, 0.2) is 5.69 Å². The van der Waals surface area contributed by atoms with Gasteiger partial charge in [-0.25, -0.2) is 0 Å². The van der Waals surface area contributed by atoms with Crippen LogP contribution >= 0.6 is 0 Å². The summed E-state index contributed by atoms with van der Waals surface area (Å²) >= 11 is 0. The minimum absolute atomic E-state index is 0.110. The van der Waals surface area contributed by atoms with Crippen LogP contribution in [0.4, 0.5) is 0 Å². The molecule has 2 aromatic heterocycles. The van der Waals surface area contributed by atoms with Gasteiger partial charge in [0.05, 0.1) is 13.1 Å². The number of nitrogens with zero attached hydrogens (tertiary/aromatic N) is 3. The maximum Gasteiger partial charge on any atom is 0.272 e. The lowest BCUT2D eigenvalue weighted by molar-refractivity contribution is -0.132. The number of carbonyl (C=O) groups is 3. The fraction of sp³-hybridized carbons (Fsp3) is 0.304. The van der Waals surface area contributed by atoms with Crippen molar-refractivity contribution in [3.8, 4) is 0 Å². The molecule has 1 aliphatic heterocycles. The molecule has 4 rings (SSSR count). The van der Waals surface area contributed by atoms with E-state index in [2.05, 4.69) is 15.7 Å². The quantitative estimate of drug-likeness (QED) is 0.614. The Morgan fingerprint density at radius 3 is 2.56 bits per heavy atom. The Labute approximate surface area is 185 Å². The summed E-state index contributed by atoms with van der Waals surface area (Å²) in [5.41, 5.74) is 0.183. The maximum absolute atomic E-state index is 13.0. The van der Waals surface area contributed by atoms with Crippen LogP contribution in [-0.2, 0) is 24.4 Å². The van der Waals surface area contributed by atoms with Crippen molar-refractivity contribution in [3.05, 3.63) is 77.0 Å². The van der Waals surface area contributed by atoms with Crippen molar-refractivity contribution in [3.63, 3.8) is 0 Å². The second kappa shape index (κ2) is 8.33. The summed E-state index contributed by atoms with van der Waals surface area (Å²) in [6.07, 6.45) is 0. The van der Waals surface area contributed by atoms with E-state index in [-0.39, 0.29) is 36.3 Å². The molecule has 0 saturated carbocycles. The molecule has 0 aliphatic carbocycles. The first-order valence-electron chi connectivity index (χ1n) is 10.3. The average Bonchev–Trinajstić information content (AvgIpc) is 3.41. The molecule has 32 heavy (non-hydrogen) atoms. The number of aryl methyl sites for hydroxylation is 1. The SMILES string of the molecule is Cc1ccc(CNC(=O)c2cc3n(n2)CC(C)(C(=O)NCc2ccccc2)N(C)C3=O)o1. The van der Waals surface area contributed by atoms with Crippen molar-refractivity contribution in [2.24, 2.45) is 0 Å². The van der Waals surface area contributed by atoms with E-state index in [9.17, 15) is 14.4 Å². The van der Waals surface area contributed by atoms with Crippen LogP contribution in [0.3, 0.4) is 0 Å². The number of fused-ring (bicyclic) bond motifs is 1. The van der Waals surface area contributed by atoms with Crippen molar-refractivity contribution >= 4 is 17.7 Å². The fourth-order valence-electron chi connectivity index (χ4n) is 3.64. The number of amides is 3. The number of aromatic nitrogens is 2. The van der Waals surface area contributed by atoms with Gasteiger partial charge in [0.1, 0.15) is 22.8 Å². The molecule has 9 heteroatoms. The highest BCUT2D eigenvalue weighted by Crippen LogP contribution is 2.26. The second-order valence-corrected chi connectivity index (χ2v) is 8.07. The van der Waals surface area contributed by atoms with E-state index in [1.54, 1.807) is 20.0 Å². The van der Waals surface area contributed by atoms with E-state index < -0.39 is 11.4 Å². The molecule has 1 aromatic carbocycles. The number of rotatable bonds is 6. The minimum atomic E-state index is -1.15. The molecule has 0 saturated heterocycles. The van der Waals surface area contributed by atoms with Gasteiger partial charge >= 0.3 is 0 Å². The summed E-state index contributed by atoms with van der Waals surface area (Å²) in [5.74, 6) is 0.287. The van der Waals surface area contributed by atoms with Crippen molar-refractivity contribution in [2.45, 2.75) is 39.0 Å². The molecule has 0 spiro atoms. The lowest BCUT2D eigenvalue weighted by atomic mass is 9.96. The van der Waals surface area contributed by atoms with Gasteiger partial charge in [-0.2, -0.15) is 5.10 Å². The van der Waals surface area contributed by atoms with E-state index in [1.807, 2.05) is 43.3 Å². The predicted octanol–water partition coefficient (Wildman–Crippen LogP) is 1.88. The van der Waals surface area contributed by atoms with E-state index in [4.69, 9.17) is 4.42 Å². The number of hydrogen-bond donors (Lipinski definition) is 2. The van der Waals surface area contributed by atoms with Crippen molar-refractivity contribution < 1.29 is 18.8 Å². The Balaban J connectivity index is 1.47. The monoisotopic (exact) mass is 435 g/mol. The van der Waals surface area contributed by atoms with Gasteiger partial charge in [-0.3, -0.25) is 19.1 Å². The largest absolute Gasteiger partial charge is 0.465 e. The fourth-order valence-corrected chi connectivity index (χ4v) is 3.64. The lowest BCUT2D eigenvalue weighted by Crippen LogP contribution is -2.62. The molecule has 1 aliphatic rings. The van der Waals surface area contributed by atoms with Gasteiger partial charge in [-0.1, -0.05) is 30.3 Å². The molecular weight excluding hydrogens is 410 g/mol. The lowest BCUT2D eigenvalue weighted by Gasteiger charge is -2.40. The molecule has 3 amide bonds. The molecule has 0 radical (unpaired) electrons. The highest BCUT2D eigenvalue weighted by Gasteiger charge is 2.46. The standard InChI is InChI=1S/C23H25N5O4/c1-15-9-10-17(32-15)13-24-20(29)18-11-19-21(30)27(3)23(2,14-28(19)26-18)22(31)25-12-16-7-5-4-6-8-16/h4-11H,12-14H2,1-3H3,(H,24,29)(H,25,31). The highest BCUT2D eigenvalue weighted by molar-refractivity contribution is 6.01. The van der Waals surface area contributed by atoms with Crippen LogP contribution in [0.5, 0.6) is 0 Å². The number of benzene rings is 1. The minimum Gasteiger partial charge on any atom is -0.465 e. The highest BCUT2D eigenvalue weighted by atomic mass is 16.3. The van der Waals surface area contributed by atoms with Gasteiger partial charge in [0.25, 0.3) is 11.8 Å². The topological polar surface area (TPSA) is 109 Å². The average molecular weight is 435 g/mol. The van der Waals surface area contributed by atoms with Crippen LogP contribution in [0, 0.1) is 6.92 Å². The van der Waals surface area contributed by atoms with Crippen LogP contribution in [0.1, 0.15) is 45.0 Å². The first-order chi connectivity index (χ1) is 15.3. The Morgan fingerprint density at radius 2 is 1.88 bits per heavy atom. The zero-order valence-electron chi connectivity index (χ0n) is 18.2. The van der Waals surface area contributed by atoms with Gasteiger partial charge in [0, 0.05) is 19.7 Å².